The second-order valence-electron chi connectivity index (χ2n) is 4.56. The molecule has 0 spiro atoms. The molecule has 0 bridgehead atoms. The van der Waals surface area contributed by atoms with Gasteiger partial charge in [-0.1, -0.05) is 6.07 Å². The molecule has 1 aromatic heterocycles. The summed E-state index contributed by atoms with van der Waals surface area (Å²) < 4.78 is 0. The van der Waals surface area contributed by atoms with Gasteiger partial charge in [0.2, 0.25) is 11.8 Å². The zero-order valence-corrected chi connectivity index (χ0v) is 10.3. The van der Waals surface area contributed by atoms with E-state index in [4.69, 9.17) is 0 Å². The Hall–Kier alpha value is -1.91. The van der Waals surface area contributed by atoms with Gasteiger partial charge in [-0.15, -0.1) is 0 Å². The van der Waals surface area contributed by atoms with E-state index in [1.165, 1.54) is 0 Å². The number of hydrogen-bond donors (Lipinski definition) is 2. The number of amides is 2. The van der Waals surface area contributed by atoms with Crippen LogP contribution in [0.2, 0.25) is 0 Å². The number of nitrogens with zero attached hydrogens (tertiary/aromatic N) is 1. The summed E-state index contributed by atoms with van der Waals surface area (Å²) in [6.45, 7) is 2.36. The molecule has 2 N–H and O–H groups in total. The normalized spacial score (nSPS) is 20.9. The molecule has 1 aliphatic rings. The molecule has 1 fully saturated rings. The van der Waals surface area contributed by atoms with Gasteiger partial charge in [-0.2, -0.15) is 0 Å². The van der Waals surface area contributed by atoms with Gasteiger partial charge in [0, 0.05) is 25.4 Å². The van der Waals surface area contributed by atoms with Crippen LogP contribution in [0.25, 0.3) is 0 Å². The lowest BCUT2D eigenvalue weighted by atomic mass is 9.97. The van der Waals surface area contributed by atoms with E-state index < -0.39 is 0 Å². The summed E-state index contributed by atoms with van der Waals surface area (Å²) in [6.07, 6.45) is 4.50. The first-order valence-electron chi connectivity index (χ1n) is 6.14. The number of nitrogens with one attached hydrogen (secondary N) is 2. The Balaban J connectivity index is 1.89. The molecule has 0 saturated carbocycles. The van der Waals surface area contributed by atoms with Crippen molar-refractivity contribution in [1.82, 2.24) is 15.6 Å². The van der Waals surface area contributed by atoms with Crippen molar-refractivity contribution in [2.75, 3.05) is 6.54 Å². The average molecular weight is 247 g/mol. The van der Waals surface area contributed by atoms with E-state index in [1.54, 1.807) is 12.4 Å². The highest BCUT2D eigenvalue weighted by Crippen LogP contribution is 2.15. The van der Waals surface area contributed by atoms with Gasteiger partial charge < -0.3 is 10.6 Å². The highest BCUT2D eigenvalue weighted by atomic mass is 16.2. The first-order chi connectivity index (χ1) is 8.66. The fourth-order valence-corrected chi connectivity index (χ4v) is 2.00. The van der Waals surface area contributed by atoms with Crippen LogP contribution in [0.1, 0.15) is 31.4 Å². The molecule has 0 radical (unpaired) electrons. The molecule has 1 aliphatic heterocycles. The maximum atomic E-state index is 12.0. The molecule has 0 aliphatic carbocycles. The summed E-state index contributed by atoms with van der Waals surface area (Å²) in [7, 11) is 0. The Morgan fingerprint density at radius 1 is 1.61 bits per heavy atom. The topological polar surface area (TPSA) is 71.1 Å². The molecule has 5 heteroatoms. The Bertz CT molecular complexity index is 423. The molecule has 5 nitrogen and oxygen atoms in total. The van der Waals surface area contributed by atoms with Crippen LogP contribution in [-0.4, -0.2) is 23.3 Å². The van der Waals surface area contributed by atoms with Crippen molar-refractivity contribution in [2.24, 2.45) is 5.92 Å². The fourth-order valence-electron chi connectivity index (χ4n) is 2.00. The number of carbonyl (C=O) groups excluding carboxylic acids is 2. The third-order valence-electron chi connectivity index (χ3n) is 3.18. The third kappa shape index (κ3) is 3.06. The number of piperidine rings is 1. The van der Waals surface area contributed by atoms with E-state index in [9.17, 15) is 9.59 Å². The Morgan fingerprint density at radius 3 is 3.06 bits per heavy atom. The number of carbonyl (C=O) groups is 2. The maximum Gasteiger partial charge on any atom is 0.225 e. The van der Waals surface area contributed by atoms with Crippen LogP contribution < -0.4 is 10.6 Å². The zero-order valence-electron chi connectivity index (χ0n) is 10.3. The van der Waals surface area contributed by atoms with Gasteiger partial charge in [0.25, 0.3) is 0 Å². The van der Waals surface area contributed by atoms with E-state index in [-0.39, 0.29) is 23.8 Å². The number of hydrogen-bond acceptors (Lipinski definition) is 3. The van der Waals surface area contributed by atoms with Gasteiger partial charge in [-0.3, -0.25) is 14.6 Å². The van der Waals surface area contributed by atoms with Crippen molar-refractivity contribution < 1.29 is 9.59 Å². The van der Waals surface area contributed by atoms with Crippen LogP contribution in [0.15, 0.2) is 24.5 Å². The summed E-state index contributed by atoms with van der Waals surface area (Å²) in [6, 6.07) is 3.71. The first kappa shape index (κ1) is 12.5. The molecule has 0 aromatic carbocycles. The van der Waals surface area contributed by atoms with Crippen molar-refractivity contribution >= 4 is 11.8 Å². The number of aromatic nitrogens is 1. The molecule has 2 rings (SSSR count). The van der Waals surface area contributed by atoms with Gasteiger partial charge in [-0.25, -0.2) is 0 Å². The molecule has 96 valence electrons. The molecule has 2 unspecified atom stereocenters. The molecule has 1 saturated heterocycles. The highest BCUT2D eigenvalue weighted by Gasteiger charge is 2.25. The Kier molecular flexibility index (Phi) is 3.92. The monoisotopic (exact) mass is 247 g/mol. The lowest BCUT2D eigenvalue weighted by Crippen LogP contribution is -2.43. The fraction of sp³-hybridized carbons (Fsp3) is 0.462. The molecule has 1 aromatic rings. The number of rotatable bonds is 3. The number of pyridine rings is 1. The van der Waals surface area contributed by atoms with Crippen LogP contribution >= 0.6 is 0 Å². The van der Waals surface area contributed by atoms with E-state index in [0.717, 1.165) is 5.56 Å². The second-order valence-corrected chi connectivity index (χ2v) is 4.56. The standard InChI is InChI=1S/C13H17N3O2/c1-9(10-3-2-6-14-7-10)16-13(18)11-4-5-12(17)15-8-11/h2-3,6-7,9,11H,4-5,8H2,1H3,(H,15,17)(H,16,18). The summed E-state index contributed by atoms with van der Waals surface area (Å²) >= 11 is 0. The zero-order chi connectivity index (χ0) is 13.0. The van der Waals surface area contributed by atoms with Crippen molar-refractivity contribution in [1.29, 1.82) is 0 Å². The average Bonchev–Trinajstić information content (AvgIpc) is 2.40. The minimum atomic E-state index is -0.123. The van der Waals surface area contributed by atoms with Gasteiger partial charge in [0.1, 0.15) is 0 Å². The molecule has 18 heavy (non-hydrogen) atoms. The SMILES string of the molecule is CC(NC(=O)C1CCC(=O)NC1)c1cccnc1. The van der Waals surface area contributed by atoms with Crippen LogP contribution in [0.3, 0.4) is 0 Å². The molecule has 2 atom stereocenters. The van der Waals surface area contributed by atoms with Gasteiger partial charge in [-0.05, 0) is 25.0 Å². The van der Waals surface area contributed by atoms with Gasteiger partial charge in [0.15, 0.2) is 0 Å². The molecular formula is C13H17N3O2. The second kappa shape index (κ2) is 5.62. The third-order valence-corrected chi connectivity index (χ3v) is 3.18. The quantitative estimate of drug-likeness (QED) is 0.829. The van der Waals surface area contributed by atoms with E-state index >= 15 is 0 Å². The molecule has 2 heterocycles. The van der Waals surface area contributed by atoms with Crippen LogP contribution in [0.5, 0.6) is 0 Å². The minimum absolute atomic E-state index is 0.00801. The molecule has 2 amide bonds. The maximum absolute atomic E-state index is 12.0. The lowest BCUT2D eigenvalue weighted by Gasteiger charge is -2.23. The van der Waals surface area contributed by atoms with Crippen LogP contribution in [-0.2, 0) is 9.59 Å². The Labute approximate surface area is 106 Å². The van der Waals surface area contributed by atoms with Crippen molar-refractivity contribution in [3.63, 3.8) is 0 Å². The van der Waals surface area contributed by atoms with Crippen molar-refractivity contribution in [3.8, 4) is 0 Å². The van der Waals surface area contributed by atoms with Gasteiger partial charge >= 0.3 is 0 Å². The van der Waals surface area contributed by atoms with Crippen LogP contribution in [0.4, 0.5) is 0 Å². The van der Waals surface area contributed by atoms with Gasteiger partial charge in [0.05, 0.1) is 12.0 Å². The first-order valence-corrected chi connectivity index (χ1v) is 6.14. The van der Waals surface area contributed by atoms with Crippen molar-refractivity contribution in [3.05, 3.63) is 30.1 Å². The minimum Gasteiger partial charge on any atom is -0.355 e. The smallest absolute Gasteiger partial charge is 0.225 e. The van der Waals surface area contributed by atoms with E-state index in [0.29, 0.717) is 19.4 Å². The Morgan fingerprint density at radius 2 is 2.44 bits per heavy atom. The molecular weight excluding hydrogens is 230 g/mol. The lowest BCUT2D eigenvalue weighted by molar-refractivity contribution is -0.129. The largest absolute Gasteiger partial charge is 0.355 e. The summed E-state index contributed by atoms with van der Waals surface area (Å²) in [4.78, 5) is 27.1. The van der Waals surface area contributed by atoms with E-state index in [2.05, 4.69) is 15.6 Å². The summed E-state index contributed by atoms with van der Waals surface area (Å²) in [5.41, 5.74) is 0.977. The predicted molar refractivity (Wildman–Crippen MR) is 66.5 cm³/mol. The van der Waals surface area contributed by atoms with Crippen molar-refractivity contribution in [2.45, 2.75) is 25.8 Å². The predicted octanol–water partition coefficient (Wildman–Crippen LogP) is 0.785. The summed E-state index contributed by atoms with van der Waals surface area (Å²) in [5.74, 6) is -0.104. The highest BCUT2D eigenvalue weighted by molar-refractivity contribution is 5.83. The van der Waals surface area contributed by atoms with Crippen LogP contribution in [0, 0.1) is 5.92 Å². The van der Waals surface area contributed by atoms with E-state index in [1.807, 2.05) is 19.1 Å². The summed E-state index contributed by atoms with van der Waals surface area (Å²) in [5, 5.41) is 5.66.